The summed E-state index contributed by atoms with van der Waals surface area (Å²) in [6.45, 7) is 0. The quantitative estimate of drug-likeness (QED) is 0.399. The molecule has 3 heterocycles. The number of hydrogen-bond acceptors (Lipinski definition) is 5. The van der Waals surface area contributed by atoms with Gasteiger partial charge in [-0.2, -0.15) is 0 Å². The molecule has 4 rings (SSSR count). The lowest BCUT2D eigenvalue weighted by Gasteiger charge is -2.33. The van der Waals surface area contributed by atoms with Crippen LogP contribution in [-0.4, -0.2) is 8.80 Å². The molecule has 0 amide bonds. The van der Waals surface area contributed by atoms with E-state index >= 15 is 0 Å². The van der Waals surface area contributed by atoms with Gasteiger partial charge >= 0.3 is 16.6 Å². The normalized spacial score (nSPS) is 42.1. The van der Waals surface area contributed by atoms with Gasteiger partial charge in [-0.1, -0.05) is 57.8 Å². The van der Waals surface area contributed by atoms with Crippen LogP contribution in [0.3, 0.4) is 0 Å². The van der Waals surface area contributed by atoms with E-state index in [1.165, 1.54) is 57.8 Å². The molecule has 4 fully saturated rings. The summed E-state index contributed by atoms with van der Waals surface area (Å²) in [5.41, 5.74) is 0.275. The lowest BCUT2D eigenvalue weighted by Crippen LogP contribution is -2.48. The maximum Gasteiger partial charge on any atom is 0.550 e. The van der Waals surface area contributed by atoms with Gasteiger partial charge in [0.2, 0.25) is 0 Å². The highest BCUT2D eigenvalue weighted by Crippen LogP contribution is 2.73. The molecule has 5 nitrogen and oxygen atoms in total. The van der Waals surface area contributed by atoms with E-state index in [2.05, 4.69) is 0 Å². The minimum absolute atomic E-state index is 0.275. The highest BCUT2D eigenvalue weighted by molar-refractivity contribution is 7.56. The van der Waals surface area contributed by atoms with Crippen molar-refractivity contribution in [2.45, 2.75) is 76.2 Å². The van der Waals surface area contributed by atoms with Crippen LogP contribution < -0.4 is 0 Å². The molecule has 0 aromatic rings. The molecule has 1 saturated carbocycles. The third-order valence-electron chi connectivity index (χ3n) is 4.33. The van der Waals surface area contributed by atoms with E-state index < -0.39 is 16.6 Å². The fourth-order valence-corrected chi connectivity index (χ4v) is 9.47. The Labute approximate surface area is 115 Å². The van der Waals surface area contributed by atoms with Gasteiger partial charge in [0.1, 0.15) is 0 Å². The Kier molecular flexibility index (Phi) is 4.46. The van der Waals surface area contributed by atoms with Crippen molar-refractivity contribution >= 4 is 16.6 Å². The van der Waals surface area contributed by atoms with Crippen LogP contribution in [0.25, 0.3) is 0 Å². The van der Waals surface area contributed by atoms with E-state index in [0.29, 0.717) is 0 Å². The standard InChI is InChI=1S/C12H23O5PSi/c13-18-14-15-19(16-18,17-18)12-10-8-6-4-2-1-3-5-7-9-11-12/h12H,1-11H2. The summed E-state index contributed by atoms with van der Waals surface area (Å²) < 4.78 is 32.3. The van der Waals surface area contributed by atoms with Crippen molar-refractivity contribution in [3.8, 4) is 0 Å². The van der Waals surface area contributed by atoms with Crippen LogP contribution in [0.1, 0.15) is 70.6 Å². The summed E-state index contributed by atoms with van der Waals surface area (Å²) in [5, 5.41) is 0. The van der Waals surface area contributed by atoms with Gasteiger partial charge in [0, 0.05) is 5.54 Å². The Morgan fingerprint density at radius 1 is 0.789 bits per heavy atom. The van der Waals surface area contributed by atoms with Gasteiger partial charge in [-0.05, 0) is 12.8 Å². The zero-order chi connectivity index (χ0) is 13.2. The molecule has 4 aliphatic rings. The van der Waals surface area contributed by atoms with Crippen LogP contribution in [-0.2, 0) is 22.2 Å². The predicted molar refractivity (Wildman–Crippen MR) is 72.2 cm³/mol. The van der Waals surface area contributed by atoms with Crippen molar-refractivity contribution in [1.29, 1.82) is 0 Å². The predicted octanol–water partition coefficient (Wildman–Crippen LogP) is 4.72. The first-order chi connectivity index (χ1) is 9.23. The van der Waals surface area contributed by atoms with Crippen LogP contribution in [0, 0.1) is 0 Å². The highest BCUT2D eigenvalue weighted by atomic mass is 31.2. The second-order valence-electron chi connectivity index (χ2n) is 5.85. The molecule has 0 unspecified atom stereocenters. The molecule has 110 valence electrons. The minimum Gasteiger partial charge on any atom is -0.275 e. The van der Waals surface area contributed by atoms with Gasteiger partial charge in [-0.3, -0.25) is 8.43 Å². The molecule has 2 bridgehead atoms. The zero-order valence-electron chi connectivity index (χ0n) is 11.3. The second-order valence-corrected chi connectivity index (χ2v) is 10.5. The van der Waals surface area contributed by atoms with Gasteiger partial charge in [-0.25, -0.2) is 9.14 Å². The van der Waals surface area contributed by atoms with E-state index in [1.807, 2.05) is 0 Å². The SMILES string of the molecule is O=P12OO[Si](C3CCCCCCCCCCC3)(O1)O2. The maximum absolute atomic E-state index is 11.5. The number of phosphoric acid groups is 1. The molecule has 0 atom stereocenters. The third kappa shape index (κ3) is 3.14. The summed E-state index contributed by atoms with van der Waals surface area (Å²) in [7, 11) is -5.97. The van der Waals surface area contributed by atoms with Crippen molar-refractivity contribution in [3.63, 3.8) is 0 Å². The molecule has 0 N–H and O–H groups in total. The van der Waals surface area contributed by atoms with E-state index in [0.717, 1.165) is 12.8 Å². The van der Waals surface area contributed by atoms with Crippen LogP contribution in [0.5, 0.6) is 0 Å². The summed E-state index contributed by atoms with van der Waals surface area (Å²) in [6.07, 6.45) is 13.7. The smallest absolute Gasteiger partial charge is 0.275 e. The van der Waals surface area contributed by atoms with Crippen molar-refractivity contribution in [2.75, 3.05) is 0 Å². The first-order valence-electron chi connectivity index (χ1n) is 7.61. The van der Waals surface area contributed by atoms with Gasteiger partial charge in [0.15, 0.2) is 0 Å². The van der Waals surface area contributed by atoms with E-state index in [1.54, 1.807) is 0 Å². The second kappa shape index (κ2) is 5.96. The first-order valence-corrected chi connectivity index (χ1v) is 10.9. The topological polar surface area (TPSA) is 54.0 Å². The minimum atomic E-state index is -3.25. The third-order valence-corrected chi connectivity index (χ3v) is 10.4. The first kappa shape index (κ1) is 14.2. The van der Waals surface area contributed by atoms with Gasteiger partial charge in [0.05, 0.1) is 0 Å². The Morgan fingerprint density at radius 3 is 1.68 bits per heavy atom. The van der Waals surface area contributed by atoms with Crippen LogP contribution in [0.15, 0.2) is 0 Å². The molecule has 0 spiro atoms. The monoisotopic (exact) mass is 306 g/mol. The Bertz CT molecular complexity index is 342. The van der Waals surface area contributed by atoms with Gasteiger partial charge < -0.3 is 0 Å². The molecule has 3 saturated heterocycles. The summed E-state index contributed by atoms with van der Waals surface area (Å²) >= 11 is 0. The average Bonchev–Trinajstić information content (AvgIpc) is 2.84. The van der Waals surface area contributed by atoms with E-state index in [4.69, 9.17) is 17.7 Å². The molecule has 3 aliphatic heterocycles. The average molecular weight is 306 g/mol. The van der Waals surface area contributed by atoms with E-state index in [9.17, 15) is 4.57 Å². The number of fused-ring (bicyclic) bond motifs is 1. The van der Waals surface area contributed by atoms with Crippen LogP contribution in [0.2, 0.25) is 5.54 Å². The number of rotatable bonds is 1. The van der Waals surface area contributed by atoms with Crippen molar-refractivity contribution in [2.24, 2.45) is 0 Å². The fourth-order valence-electron chi connectivity index (χ4n) is 3.21. The van der Waals surface area contributed by atoms with Crippen molar-refractivity contribution in [3.05, 3.63) is 0 Å². The van der Waals surface area contributed by atoms with E-state index in [-0.39, 0.29) is 5.54 Å². The molecule has 0 aromatic heterocycles. The molecule has 19 heavy (non-hydrogen) atoms. The maximum atomic E-state index is 11.5. The van der Waals surface area contributed by atoms with Crippen molar-refractivity contribution < 1.29 is 22.2 Å². The highest BCUT2D eigenvalue weighted by Gasteiger charge is 2.75. The molecular formula is C12H23O5PSi. The van der Waals surface area contributed by atoms with Crippen molar-refractivity contribution in [1.82, 2.24) is 0 Å². The molecule has 0 aromatic carbocycles. The van der Waals surface area contributed by atoms with Gasteiger partial charge in [0.25, 0.3) is 0 Å². The lowest BCUT2D eigenvalue weighted by molar-refractivity contribution is -0.0904. The lowest BCUT2D eigenvalue weighted by atomic mass is 10.0. The Balaban J connectivity index is 1.56. The van der Waals surface area contributed by atoms with Crippen LogP contribution in [0.4, 0.5) is 0 Å². The fraction of sp³-hybridized carbons (Fsp3) is 1.00. The molecular weight excluding hydrogens is 283 g/mol. The Morgan fingerprint density at radius 2 is 1.26 bits per heavy atom. The van der Waals surface area contributed by atoms with Gasteiger partial charge in [-0.15, -0.1) is 4.67 Å². The molecule has 0 radical (unpaired) electrons. The Hall–Kier alpha value is 0.287. The number of hydrogen-bond donors (Lipinski definition) is 0. The molecule has 7 heteroatoms. The largest absolute Gasteiger partial charge is 0.550 e. The molecule has 1 aliphatic carbocycles. The summed E-state index contributed by atoms with van der Waals surface area (Å²) in [6, 6.07) is 0. The summed E-state index contributed by atoms with van der Waals surface area (Å²) in [4.78, 5) is 0. The van der Waals surface area contributed by atoms with Crippen LogP contribution >= 0.6 is 7.82 Å². The zero-order valence-corrected chi connectivity index (χ0v) is 13.2. The summed E-state index contributed by atoms with van der Waals surface area (Å²) in [5.74, 6) is 0.